The van der Waals surface area contributed by atoms with Gasteiger partial charge in [-0.15, -0.1) is 0 Å². The van der Waals surface area contributed by atoms with E-state index in [4.69, 9.17) is 0 Å². The van der Waals surface area contributed by atoms with E-state index in [2.05, 4.69) is 31.3 Å². The molecule has 0 aliphatic carbocycles. The number of carbonyl (C=O) groups is 1. The summed E-state index contributed by atoms with van der Waals surface area (Å²) in [6.07, 6.45) is 3.05. The van der Waals surface area contributed by atoms with E-state index < -0.39 is 11.7 Å². The van der Waals surface area contributed by atoms with Crippen molar-refractivity contribution in [1.82, 2.24) is 14.6 Å². The van der Waals surface area contributed by atoms with Gasteiger partial charge in [0.2, 0.25) is 0 Å². The predicted octanol–water partition coefficient (Wildman–Crippen LogP) is 4.55. The van der Waals surface area contributed by atoms with Gasteiger partial charge in [0.25, 0.3) is 5.91 Å². The molecule has 0 atom stereocenters. The molecule has 0 saturated carbocycles. The second-order valence-corrected chi connectivity index (χ2v) is 6.48. The van der Waals surface area contributed by atoms with E-state index in [1.165, 1.54) is 18.3 Å². The lowest BCUT2D eigenvalue weighted by atomic mass is 10.1. The first-order valence-electron chi connectivity index (χ1n) is 7.78. The van der Waals surface area contributed by atoms with Crippen LogP contribution >= 0.6 is 15.9 Å². The Morgan fingerprint density at radius 2 is 1.92 bits per heavy atom. The van der Waals surface area contributed by atoms with E-state index in [1.807, 2.05) is 36.4 Å². The SMILES string of the molecule is O=C(Nc1ccc(Br)cc1F)c1cnn2c(-c3ccccc3)ccnc12. The number of aromatic nitrogens is 3. The molecule has 2 aromatic heterocycles. The summed E-state index contributed by atoms with van der Waals surface area (Å²) >= 11 is 3.19. The topological polar surface area (TPSA) is 59.3 Å². The average Bonchev–Trinajstić information content (AvgIpc) is 3.09. The van der Waals surface area contributed by atoms with E-state index >= 15 is 0 Å². The van der Waals surface area contributed by atoms with E-state index in [0.717, 1.165) is 11.3 Å². The van der Waals surface area contributed by atoms with Crippen molar-refractivity contribution in [3.05, 3.63) is 82.8 Å². The van der Waals surface area contributed by atoms with Crippen molar-refractivity contribution in [3.8, 4) is 11.3 Å². The maximum Gasteiger partial charge on any atom is 0.261 e. The number of benzene rings is 2. The lowest BCUT2D eigenvalue weighted by Gasteiger charge is -2.07. The summed E-state index contributed by atoms with van der Waals surface area (Å²) in [4.78, 5) is 16.9. The zero-order chi connectivity index (χ0) is 18.1. The van der Waals surface area contributed by atoms with E-state index in [-0.39, 0.29) is 11.3 Å². The molecule has 0 unspecified atom stereocenters. The van der Waals surface area contributed by atoms with Crippen molar-refractivity contribution >= 4 is 33.2 Å². The van der Waals surface area contributed by atoms with Crippen molar-refractivity contribution in [3.63, 3.8) is 0 Å². The van der Waals surface area contributed by atoms with Gasteiger partial charge in [-0.3, -0.25) is 4.79 Å². The van der Waals surface area contributed by atoms with Crippen LogP contribution in [0.25, 0.3) is 16.9 Å². The number of nitrogens with one attached hydrogen (secondary N) is 1. The monoisotopic (exact) mass is 410 g/mol. The summed E-state index contributed by atoms with van der Waals surface area (Å²) in [6, 6.07) is 15.9. The van der Waals surface area contributed by atoms with Crippen LogP contribution in [0.3, 0.4) is 0 Å². The largest absolute Gasteiger partial charge is 0.319 e. The van der Waals surface area contributed by atoms with Gasteiger partial charge < -0.3 is 5.32 Å². The van der Waals surface area contributed by atoms with Gasteiger partial charge in [-0.1, -0.05) is 46.3 Å². The van der Waals surface area contributed by atoms with E-state index in [1.54, 1.807) is 16.8 Å². The molecule has 0 spiro atoms. The molecule has 0 saturated heterocycles. The van der Waals surface area contributed by atoms with Crippen LogP contribution in [0.15, 0.2) is 71.5 Å². The van der Waals surface area contributed by atoms with Crippen molar-refractivity contribution < 1.29 is 9.18 Å². The lowest BCUT2D eigenvalue weighted by Crippen LogP contribution is -2.13. The molecule has 0 aliphatic heterocycles. The minimum absolute atomic E-state index is 0.0942. The fourth-order valence-electron chi connectivity index (χ4n) is 2.66. The minimum Gasteiger partial charge on any atom is -0.319 e. The van der Waals surface area contributed by atoms with E-state index in [9.17, 15) is 9.18 Å². The highest BCUT2D eigenvalue weighted by Gasteiger charge is 2.17. The molecule has 26 heavy (non-hydrogen) atoms. The Balaban J connectivity index is 1.72. The van der Waals surface area contributed by atoms with Crippen molar-refractivity contribution in [2.45, 2.75) is 0 Å². The molecule has 1 amide bonds. The van der Waals surface area contributed by atoms with Gasteiger partial charge in [0.05, 0.1) is 17.6 Å². The highest BCUT2D eigenvalue weighted by atomic mass is 79.9. The number of anilines is 1. The zero-order valence-corrected chi connectivity index (χ0v) is 14.9. The quantitative estimate of drug-likeness (QED) is 0.538. The van der Waals surface area contributed by atoms with E-state index in [0.29, 0.717) is 10.1 Å². The third-order valence-electron chi connectivity index (χ3n) is 3.89. The average molecular weight is 411 g/mol. The first-order chi connectivity index (χ1) is 12.6. The summed E-state index contributed by atoms with van der Waals surface area (Å²) < 4.78 is 16.2. The van der Waals surface area contributed by atoms with Crippen LogP contribution in [0, 0.1) is 5.82 Å². The van der Waals surface area contributed by atoms with Crippen LogP contribution < -0.4 is 5.32 Å². The third kappa shape index (κ3) is 2.97. The molecule has 2 heterocycles. The minimum atomic E-state index is -0.526. The number of hydrogen-bond acceptors (Lipinski definition) is 3. The second kappa shape index (κ2) is 6.68. The highest BCUT2D eigenvalue weighted by Crippen LogP contribution is 2.23. The van der Waals surface area contributed by atoms with Crippen LogP contribution in [-0.2, 0) is 0 Å². The van der Waals surface area contributed by atoms with Crippen LogP contribution in [0.2, 0.25) is 0 Å². The Hall–Kier alpha value is -3.06. The molecule has 1 N–H and O–H groups in total. The zero-order valence-electron chi connectivity index (χ0n) is 13.4. The molecule has 5 nitrogen and oxygen atoms in total. The molecule has 2 aromatic carbocycles. The van der Waals surface area contributed by atoms with Crippen molar-refractivity contribution in [1.29, 1.82) is 0 Å². The molecular formula is C19H12BrFN4O. The number of carbonyl (C=O) groups excluding carboxylic acids is 1. The molecule has 4 rings (SSSR count). The summed E-state index contributed by atoms with van der Waals surface area (Å²) in [6.45, 7) is 0. The molecule has 4 aromatic rings. The van der Waals surface area contributed by atoms with Crippen molar-refractivity contribution in [2.75, 3.05) is 5.32 Å². The number of amides is 1. The summed E-state index contributed by atoms with van der Waals surface area (Å²) in [5.41, 5.74) is 2.53. The van der Waals surface area contributed by atoms with Crippen LogP contribution in [0.1, 0.15) is 10.4 Å². The maximum absolute atomic E-state index is 14.0. The summed E-state index contributed by atoms with van der Waals surface area (Å²) in [7, 11) is 0. The molecule has 7 heteroatoms. The molecule has 128 valence electrons. The van der Waals surface area contributed by atoms with Gasteiger partial charge in [-0.05, 0) is 24.3 Å². The molecule has 0 bridgehead atoms. The molecule has 0 radical (unpaired) electrons. The summed E-state index contributed by atoms with van der Waals surface area (Å²) in [5.74, 6) is -0.999. The second-order valence-electron chi connectivity index (χ2n) is 5.57. The number of halogens is 2. The molecule has 0 aliphatic rings. The van der Waals surface area contributed by atoms with Crippen LogP contribution in [0.4, 0.5) is 10.1 Å². The first-order valence-corrected chi connectivity index (χ1v) is 8.57. The van der Waals surface area contributed by atoms with Crippen LogP contribution in [0.5, 0.6) is 0 Å². The predicted molar refractivity (Wildman–Crippen MR) is 100 cm³/mol. The van der Waals surface area contributed by atoms with Gasteiger partial charge in [-0.25, -0.2) is 13.9 Å². The Kier molecular flexibility index (Phi) is 4.22. The van der Waals surface area contributed by atoms with Gasteiger partial charge in [-0.2, -0.15) is 5.10 Å². The Morgan fingerprint density at radius 1 is 1.12 bits per heavy atom. The van der Waals surface area contributed by atoms with Crippen LogP contribution in [-0.4, -0.2) is 20.5 Å². The number of rotatable bonds is 3. The Morgan fingerprint density at radius 3 is 2.69 bits per heavy atom. The third-order valence-corrected chi connectivity index (χ3v) is 4.39. The number of nitrogens with zero attached hydrogens (tertiary/aromatic N) is 3. The first kappa shape index (κ1) is 16.4. The molecular weight excluding hydrogens is 399 g/mol. The Bertz CT molecular complexity index is 1110. The maximum atomic E-state index is 14.0. The molecule has 0 fully saturated rings. The Labute approximate surface area is 156 Å². The van der Waals surface area contributed by atoms with Crippen molar-refractivity contribution in [2.24, 2.45) is 0 Å². The summed E-state index contributed by atoms with van der Waals surface area (Å²) in [5, 5.41) is 6.85. The smallest absolute Gasteiger partial charge is 0.261 e. The normalized spacial score (nSPS) is 10.8. The standard InChI is InChI=1S/C19H12BrFN4O/c20-13-6-7-16(15(21)10-13)24-19(26)14-11-23-25-17(8-9-22-18(14)25)12-4-2-1-3-5-12/h1-11H,(H,24,26). The fourth-order valence-corrected chi connectivity index (χ4v) is 2.99. The number of hydrogen-bond donors (Lipinski definition) is 1. The fraction of sp³-hybridized carbons (Fsp3) is 0. The number of fused-ring (bicyclic) bond motifs is 1. The lowest BCUT2D eigenvalue weighted by molar-refractivity contribution is 0.102. The van der Waals surface area contributed by atoms with Gasteiger partial charge in [0, 0.05) is 16.2 Å². The van der Waals surface area contributed by atoms with Gasteiger partial charge in [0.15, 0.2) is 5.65 Å². The highest BCUT2D eigenvalue weighted by molar-refractivity contribution is 9.10. The van der Waals surface area contributed by atoms with Gasteiger partial charge in [0.1, 0.15) is 11.4 Å². The van der Waals surface area contributed by atoms with Gasteiger partial charge >= 0.3 is 0 Å².